The zero-order chi connectivity index (χ0) is 12.9. The van der Waals surface area contributed by atoms with E-state index in [0.29, 0.717) is 6.04 Å². The zero-order valence-corrected chi connectivity index (χ0v) is 11.2. The Morgan fingerprint density at radius 1 is 1.42 bits per heavy atom. The average molecular weight is 257 g/mol. The molecule has 3 heterocycles. The molecule has 4 nitrogen and oxygen atoms in total. The van der Waals surface area contributed by atoms with E-state index in [1.807, 2.05) is 13.4 Å². The predicted molar refractivity (Wildman–Crippen MR) is 74.2 cm³/mol. The van der Waals surface area contributed by atoms with Crippen LogP contribution in [-0.2, 0) is 17.2 Å². The molecule has 1 atom stereocenters. The summed E-state index contributed by atoms with van der Waals surface area (Å²) in [7, 11) is 2.04. The maximum absolute atomic E-state index is 5.56. The molecule has 1 aromatic carbocycles. The maximum Gasteiger partial charge on any atom is 0.0955 e. The fourth-order valence-electron chi connectivity index (χ4n) is 3.49. The molecule has 0 saturated carbocycles. The van der Waals surface area contributed by atoms with Gasteiger partial charge in [-0.1, -0.05) is 6.07 Å². The summed E-state index contributed by atoms with van der Waals surface area (Å²) in [5.74, 6) is 0. The third kappa shape index (κ3) is 1.56. The maximum atomic E-state index is 5.56. The summed E-state index contributed by atoms with van der Waals surface area (Å²) in [6, 6.07) is 7.25. The van der Waals surface area contributed by atoms with Gasteiger partial charge in [-0.15, -0.1) is 0 Å². The van der Waals surface area contributed by atoms with Gasteiger partial charge < -0.3 is 14.6 Å². The van der Waals surface area contributed by atoms with Crippen molar-refractivity contribution >= 4 is 11.0 Å². The minimum Gasteiger partial charge on any atom is -0.379 e. The average Bonchev–Trinajstić information content (AvgIpc) is 2.99. The molecule has 1 unspecified atom stereocenters. The third-order valence-electron chi connectivity index (χ3n) is 4.75. The summed E-state index contributed by atoms with van der Waals surface area (Å²) in [6.45, 7) is 2.81. The minimum absolute atomic E-state index is 0.169. The number of fused-ring (bicyclic) bond motifs is 1. The van der Waals surface area contributed by atoms with Crippen molar-refractivity contribution in [1.29, 1.82) is 0 Å². The molecule has 19 heavy (non-hydrogen) atoms. The van der Waals surface area contributed by atoms with Gasteiger partial charge in [-0.25, -0.2) is 4.98 Å². The van der Waals surface area contributed by atoms with Gasteiger partial charge in [0.25, 0.3) is 0 Å². The quantitative estimate of drug-likeness (QED) is 0.888. The number of benzene rings is 1. The molecule has 0 bridgehead atoms. The normalized spacial score (nSPS) is 25.6. The third-order valence-corrected chi connectivity index (χ3v) is 4.75. The number of aryl methyl sites for hydroxylation is 1. The second kappa shape index (κ2) is 4.05. The van der Waals surface area contributed by atoms with Crippen LogP contribution in [0.2, 0.25) is 0 Å². The van der Waals surface area contributed by atoms with Gasteiger partial charge >= 0.3 is 0 Å². The number of nitrogens with one attached hydrogen (secondary N) is 1. The van der Waals surface area contributed by atoms with E-state index < -0.39 is 0 Å². The predicted octanol–water partition coefficient (Wildman–Crippen LogP) is 1.59. The van der Waals surface area contributed by atoms with E-state index in [4.69, 9.17) is 4.74 Å². The first-order valence-corrected chi connectivity index (χ1v) is 7.02. The Balaban J connectivity index is 1.79. The van der Waals surface area contributed by atoms with Gasteiger partial charge in [0, 0.05) is 13.1 Å². The van der Waals surface area contributed by atoms with Crippen LogP contribution in [0.15, 0.2) is 24.5 Å². The zero-order valence-electron chi connectivity index (χ0n) is 11.2. The lowest BCUT2D eigenvalue weighted by atomic mass is 9.72. The van der Waals surface area contributed by atoms with E-state index in [2.05, 4.69) is 33.1 Å². The van der Waals surface area contributed by atoms with Crippen molar-refractivity contribution in [2.24, 2.45) is 7.05 Å². The number of imidazole rings is 1. The molecule has 2 aromatic rings. The summed E-state index contributed by atoms with van der Waals surface area (Å²) in [5.41, 5.74) is 3.83. The van der Waals surface area contributed by atoms with E-state index in [0.717, 1.165) is 25.3 Å². The molecule has 2 saturated heterocycles. The summed E-state index contributed by atoms with van der Waals surface area (Å²) in [6.07, 6.45) is 4.41. The van der Waals surface area contributed by atoms with E-state index in [1.165, 1.54) is 23.9 Å². The first kappa shape index (κ1) is 11.4. The SMILES string of the molecule is Cn1cnc2cc(C3(C4CCCN4)COC3)ccc21. The van der Waals surface area contributed by atoms with Gasteiger partial charge in [0.15, 0.2) is 0 Å². The molecule has 0 radical (unpaired) electrons. The Kier molecular flexibility index (Phi) is 2.44. The summed E-state index contributed by atoms with van der Waals surface area (Å²) < 4.78 is 7.62. The van der Waals surface area contributed by atoms with Gasteiger partial charge in [-0.05, 0) is 37.1 Å². The number of ether oxygens (including phenoxy) is 1. The van der Waals surface area contributed by atoms with Crippen LogP contribution in [0.5, 0.6) is 0 Å². The molecule has 2 aliphatic rings. The number of hydrogen-bond donors (Lipinski definition) is 1. The van der Waals surface area contributed by atoms with Crippen molar-refractivity contribution in [3.8, 4) is 0 Å². The second-order valence-corrected chi connectivity index (χ2v) is 5.86. The fraction of sp³-hybridized carbons (Fsp3) is 0.533. The Morgan fingerprint density at radius 3 is 3.00 bits per heavy atom. The Morgan fingerprint density at radius 2 is 2.32 bits per heavy atom. The molecule has 2 aliphatic heterocycles. The van der Waals surface area contributed by atoms with Crippen molar-refractivity contribution in [3.05, 3.63) is 30.1 Å². The highest BCUT2D eigenvalue weighted by Crippen LogP contribution is 2.39. The summed E-state index contributed by atoms with van der Waals surface area (Å²) in [4.78, 5) is 4.48. The molecular formula is C15H19N3O. The standard InChI is InChI=1S/C15H19N3O/c1-18-10-17-12-7-11(4-5-13(12)18)15(8-19-9-15)14-3-2-6-16-14/h4-5,7,10,14,16H,2-3,6,8-9H2,1H3. The van der Waals surface area contributed by atoms with Gasteiger partial charge in [0.05, 0.1) is 36.0 Å². The Bertz CT molecular complexity index is 609. The van der Waals surface area contributed by atoms with Crippen LogP contribution in [0.1, 0.15) is 18.4 Å². The van der Waals surface area contributed by atoms with Gasteiger partial charge in [-0.3, -0.25) is 0 Å². The number of rotatable bonds is 2. The lowest BCUT2D eigenvalue weighted by Crippen LogP contribution is -2.58. The lowest BCUT2D eigenvalue weighted by Gasteiger charge is -2.46. The molecule has 1 aromatic heterocycles. The van der Waals surface area contributed by atoms with Crippen molar-refractivity contribution in [2.45, 2.75) is 24.3 Å². The van der Waals surface area contributed by atoms with Gasteiger partial charge in [0.1, 0.15) is 0 Å². The van der Waals surface area contributed by atoms with Crippen LogP contribution in [0.25, 0.3) is 11.0 Å². The van der Waals surface area contributed by atoms with Crippen LogP contribution in [0.4, 0.5) is 0 Å². The van der Waals surface area contributed by atoms with Crippen molar-refractivity contribution < 1.29 is 4.74 Å². The monoisotopic (exact) mass is 257 g/mol. The number of nitrogens with zero attached hydrogens (tertiary/aromatic N) is 2. The van der Waals surface area contributed by atoms with E-state index in [1.54, 1.807) is 0 Å². The van der Waals surface area contributed by atoms with Crippen molar-refractivity contribution in [2.75, 3.05) is 19.8 Å². The van der Waals surface area contributed by atoms with Crippen LogP contribution in [-0.4, -0.2) is 35.4 Å². The molecule has 0 spiro atoms. The van der Waals surface area contributed by atoms with E-state index in [-0.39, 0.29) is 5.41 Å². The molecule has 1 N–H and O–H groups in total. The summed E-state index contributed by atoms with van der Waals surface area (Å²) in [5, 5.41) is 3.65. The Labute approximate surface area is 112 Å². The fourth-order valence-corrected chi connectivity index (χ4v) is 3.49. The van der Waals surface area contributed by atoms with Gasteiger partial charge in [0.2, 0.25) is 0 Å². The van der Waals surface area contributed by atoms with Crippen LogP contribution >= 0.6 is 0 Å². The van der Waals surface area contributed by atoms with Crippen LogP contribution in [0, 0.1) is 0 Å². The largest absolute Gasteiger partial charge is 0.379 e. The number of hydrogen-bond acceptors (Lipinski definition) is 3. The molecular weight excluding hydrogens is 238 g/mol. The van der Waals surface area contributed by atoms with Gasteiger partial charge in [-0.2, -0.15) is 0 Å². The van der Waals surface area contributed by atoms with E-state index >= 15 is 0 Å². The van der Waals surface area contributed by atoms with Crippen LogP contribution in [0.3, 0.4) is 0 Å². The molecule has 4 heteroatoms. The topological polar surface area (TPSA) is 39.1 Å². The smallest absolute Gasteiger partial charge is 0.0955 e. The highest BCUT2D eigenvalue weighted by Gasteiger charge is 2.48. The first-order valence-electron chi connectivity index (χ1n) is 7.02. The molecule has 2 fully saturated rings. The summed E-state index contributed by atoms with van der Waals surface area (Å²) >= 11 is 0. The van der Waals surface area contributed by atoms with E-state index in [9.17, 15) is 0 Å². The van der Waals surface area contributed by atoms with Crippen molar-refractivity contribution in [1.82, 2.24) is 14.9 Å². The van der Waals surface area contributed by atoms with Crippen molar-refractivity contribution in [3.63, 3.8) is 0 Å². The minimum atomic E-state index is 0.169. The Hall–Kier alpha value is -1.39. The lowest BCUT2D eigenvalue weighted by molar-refractivity contribution is -0.0760. The second-order valence-electron chi connectivity index (χ2n) is 5.86. The van der Waals surface area contributed by atoms with Crippen LogP contribution < -0.4 is 5.32 Å². The highest BCUT2D eigenvalue weighted by molar-refractivity contribution is 5.76. The molecule has 4 rings (SSSR count). The first-order chi connectivity index (χ1) is 9.29. The molecule has 0 amide bonds. The molecule has 100 valence electrons. The number of aromatic nitrogens is 2. The molecule has 0 aliphatic carbocycles. The highest BCUT2D eigenvalue weighted by atomic mass is 16.5.